The monoisotopic (exact) mass is 285 g/mol. The van der Waals surface area contributed by atoms with Crippen LogP contribution in [-0.2, 0) is 19.1 Å². The number of rotatable bonds is 2. The highest BCUT2D eigenvalue weighted by molar-refractivity contribution is 6.02. The molecule has 110 valence electrons. The van der Waals surface area contributed by atoms with E-state index in [1.54, 1.807) is 0 Å². The molecule has 2 saturated heterocycles. The molecule has 2 aliphatic heterocycles. The Morgan fingerprint density at radius 3 is 2.55 bits per heavy atom. The Balaban J connectivity index is 2.02. The highest BCUT2D eigenvalue weighted by Crippen LogP contribution is 2.28. The van der Waals surface area contributed by atoms with Gasteiger partial charge in [0.2, 0.25) is 11.8 Å². The lowest BCUT2D eigenvalue weighted by Gasteiger charge is -2.30. The average molecular weight is 285 g/mol. The number of urea groups is 1. The molecule has 0 radical (unpaired) electrons. The molecule has 9 nitrogen and oxygen atoms in total. The van der Waals surface area contributed by atoms with Crippen molar-refractivity contribution in [3.63, 3.8) is 0 Å². The van der Waals surface area contributed by atoms with E-state index in [1.165, 1.54) is 6.92 Å². The predicted octanol–water partition coefficient (Wildman–Crippen LogP) is -1.86. The van der Waals surface area contributed by atoms with Gasteiger partial charge in [0.15, 0.2) is 0 Å². The van der Waals surface area contributed by atoms with E-state index in [2.05, 4.69) is 10.6 Å². The molecule has 0 aliphatic carbocycles. The van der Waals surface area contributed by atoms with Gasteiger partial charge in [0.1, 0.15) is 18.5 Å². The van der Waals surface area contributed by atoms with Crippen molar-refractivity contribution in [1.29, 1.82) is 0 Å². The number of carbonyl (C=O) groups is 4. The van der Waals surface area contributed by atoms with Crippen LogP contribution in [0.3, 0.4) is 0 Å². The molecule has 2 fully saturated rings. The molecule has 2 heterocycles. The van der Waals surface area contributed by atoms with Gasteiger partial charge in [-0.05, 0) is 6.92 Å². The zero-order chi connectivity index (χ0) is 14.9. The summed E-state index contributed by atoms with van der Waals surface area (Å²) in [6.07, 6.45) is 0. The summed E-state index contributed by atoms with van der Waals surface area (Å²) in [7, 11) is 0. The smallest absolute Gasteiger partial charge is 0.318 e. The maximum absolute atomic E-state index is 12.0. The largest absolute Gasteiger partial charge is 0.481 e. The third-order valence-electron chi connectivity index (χ3n) is 3.48. The summed E-state index contributed by atoms with van der Waals surface area (Å²) in [5.41, 5.74) is -1.22. The Morgan fingerprint density at radius 2 is 2.00 bits per heavy atom. The first-order valence-corrected chi connectivity index (χ1v) is 6.02. The molecule has 4 amide bonds. The number of carboxylic acids is 1. The molecule has 0 bridgehead atoms. The predicted molar refractivity (Wildman–Crippen MR) is 63.6 cm³/mol. The van der Waals surface area contributed by atoms with E-state index in [0.29, 0.717) is 0 Å². The SMILES string of the molecule is CC1(C(=O)O)COCC1NC(=O)N1CC(=O)NC(=O)C1. The van der Waals surface area contributed by atoms with Gasteiger partial charge in [-0.25, -0.2) is 4.79 Å². The summed E-state index contributed by atoms with van der Waals surface area (Å²) in [6.45, 7) is 1.06. The van der Waals surface area contributed by atoms with E-state index in [4.69, 9.17) is 4.74 Å². The molecule has 2 atom stereocenters. The second-order valence-corrected chi connectivity index (χ2v) is 5.07. The van der Waals surface area contributed by atoms with Gasteiger partial charge in [-0.1, -0.05) is 0 Å². The van der Waals surface area contributed by atoms with Gasteiger partial charge in [0, 0.05) is 0 Å². The van der Waals surface area contributed by atoms with Crippen molar-refractivity contribution in [2.24, 2.45) is 5.41 Å². The first kappa shape index (κ1) is 14.3. The van der Waals surface area contributed by atoms with Crippen LogP contribution in [0.25, 0.3) is 0 Å². The first-order valence-electron chi connectivity index (χ1n) is 6.02. The molecule has 0 saturated carbocycles. The zero-order valence-electron chi connectivity index (χ0n) is 10.8. The minimum Gasteiger partial charge on any atom is -0.481 e. The second-order valence-electron chi connectivity index (χ2n) is 5.07. The third kappa shape index (κ3) is 2.57. The fourth-order valence-electron chi connectivity index (χ4n) is 2.11. The quantitative estimate of drug-likeness (QED) is 0.511. The van der Waals surface area contributed by atoms with Crippen LogP contribution >= 0.6 is 0 Å². The molecule has 0 aromatic heterocycles. The van der Waals surface area contributed by atoms with E-state index in [0.717, 1.165) is 4.90 Å². The van der Waals surface area contributed by atoms with E-state index < -0.39 is 35.3 Å². The lowest BCUT2D eigenvalue weighted by atomic mass is 9.85. The molecule has 2 aliphatic rings. The standard InChI is InChI=1S/C11H15N3O6/c1-11(9(17)18)5-20-4-6(11)12-10(19)14-2-7(15)13-8(16)3-14/h6H,2-5H2,1H3,(H,12,19)(H,17,18)(H,13,15,16). The summed E-state index contributed by atoms with van der Waals surface area (Å²) >= 11 is 0. The van der Waals surface area contributed by atoms with E-state index in [1.807, 2.05) is 0 Å². The van der Waals surface area contributed by atoms with Gasteiger partial charge in [-0.15, -0.1) is 0 Å². The minimum absolute atomic E-state index is 0.00725. The number of ether oxygens (including phenoxy) is 1. The van der Waals surface area contributed by atoms with Crippen molar-refractivity contribution in [1.82, 2.24) is 15.5 Å². The summed E-state index contributed by atoms with van der Waals surface area (Å²) < 4.78 is 5.10. The second kappa shape index (κ2) is 5.08. The molecule has 3 N–H and O–H groups in total. The Hall–Kier alpha value is -2.16. The fourth-order valence-corrected chi connectivity index (χ4v) is 2.11. The molecule has 20 heavy (non-hydrogen) atoms. The van der Waals surface area contributed by atoms with Crippen LogP contribution in [0.5, 0.6) is 0 Å². The van der Waals surface area contributed by atoms with Crippen molar-refractivity contribution in [2.45, 2.75) is 13.0 Å². The Bertz CT molecular complexity index is 463. The van der Waals surface area contributed by atoms with Crippen LogP contribution in [0, 0.1) is 5.41 Å². The number of nitrogens with zero attached hydrogens (tertiary/aromatic N) is 1. The molecule has 2 rings (SSSR count). The van der Waals surface area contributed by atoms with Crippen LogP contribution in [-0.4, -0.2) is 66.2 Å². The van der Waals surface area contributed by atoms with Crippen LogP contribution in [0.15, 0.2) is 0 Å². The van der Waals surface area contributed by atoms with Crippen molar-refractivity contribution < 1.29 is 29.0 Å². The topological polar surface area (TPSA) is 125 Å². The van der Waals surface area contributed by atoms with Gasteiger partial charge in [-0.3, -0.25) is 19.7 Å². The molecule has 9 heteroatoms. The summed E-state index contributed by atoms with van der Waals surface area (Å²) in [4.78, 5) is 46.6. The number of piperazine rings is 1. The van der Waals surface area contributed by atoms with E-state index in [-0.39, 0.29) is 26.3 Å². The van der Waals surface area contributed by atoms with Crippen molar-refractivity contribution >= 4 is 23.8 Å². The number of hydrogen-bond donors (Lipinski definition) is 3. The van der Waals surface area contributed by atoms with Gasteiger partial charge >= 0.3 is 12.0 Å². The third-order valence-corrected chi connectivity index (χ3v) is 3.48. The summed E-state index contributed by atoms with van der Waals surface area (Å²) in [6, 6.07) is -1.37. The van der Waals surface area contributed by atoms with Gasteiger partial charge in [-0.2, -0.15) is 0 Å². The summed E-state index contributed by atoms with van der Waals surface area (Å²) in [5, 5.41) is 13.8. The maximum Gasteiger partial charge on any atom is 0.318 e. The van der Waals surface area contributed by atoms with E-state index in [9.17, 15) is 24.3 Å². The normalized spacial score (nSPS) is 30.1. The molecule has 2 unspecified atom stereocenters. The Labute approximate surface area is 114 Å². The van der Waals surface area contributed by atoms with Crippen molar-refractivity contribution in [3.8, 4) is 0 Å². The van der Waals surface area contributed by atoms with Crippen LogP contribution in [0.2, 0.25) is 0 Å². The van der Waals surface area contributed by atoms with Gasteiger partial charge < -0.3 is 20.1 Å². The molecule has 0 spiro atoms. The average Bonchev–Trinajstić information content (AvgIpc) is 2.71. The van der Waals surface area contributed by atoms with Crippen molar-refractivity contribution in [2.75, 3.05) is 26.3 Å². The molecular formula is C11H15N3O6. The number of aliphatic carboxylic acids is 1. The molecular weight excluding hydrogens is 270 g/mol. The Morgan fingerprint density at radius 1 is 1.40 bits per heavy atom. The van der Waals surface area contributed by atoms with Crippen LogP contribution < -0.4 is 10.6 Å². The zero-order valence-corrected chi connectivity index (χ0v) is 10.8. The number of carbonyl (C=O) groups excluding carboxylic acids is 3. The molecule has 0 aromatic rings. The van der Waals surface area contributed by atoms with Crippen LogP contribution in [0.1, 0.15) is 6.92 Å². The number of amides is 4. The first-order chi connectivity index (χ1) is 9.33. The number of imide groups is 1. The minimum atomic E-state index is -1.22. The highest BCUT2D eigenvalue weighted by atomic mass is 16.5. The number of hydrogen-bond acceptors (Lipinski definition) is 5. The Kier molecular flexibility index (Phi) is 3.62. The van der Waals surface area contributed by atoms with Gasteiger partial charge in [0.25, 0.3) is 0 Å². The van der Waals surface area contributed by atoms with Gasteiger partial charge in [0.05, 0.1) is 19.3 Å². The lowest BCUT2D eigenvalue weighted by Crippen LogP contribution is -2.59. The summed E-state index contributed by atoms with van der Waals surface area (Å²) in [5.74, 6) is -2.21. The molecule has 0 aromatic carbocycles. The number of carboxylic acid groups (broad SMARTS) is 1. The highest BCUT2D eigenvalue weighted by Gasteiger charge is 2.48. The van der Waals surface area contributed by atoms with E-state index >= 15 is 0 Å². The van der Waals surface area contributed by atoms with Crippen molar-refractivity contribution in [3.05, 3.63) is 0 Å². The fraction of sp³-hybridized carbons (Fsp3) is 0.636. The number of nitrogens with one attached hydrogen (secondary N) is 2. The lowest BCUT2D eigenvalue weighted by molar-refractivity contribution is -0.148. The van der Waals surface area contributed by atoms with Crippen LogP contribution in [0.4, 0.5) is 4.79 Å². The maximum atomic E-state index is 12.0.